The Labute approximate surface area is 259 Å². The van der Waals surface area contributed by atoms with Crippen molar-refractivity contribution >= 4 is 23.7 Å². The van der Waals surface area contributed by atoms with Gasteiger partial charge < -0.3 is 14.7 Å². The predicted octanol–water partition coefficient (Wildman–Crippen LogP) is 6.33. The Hall–Kier alpha value is -4.37. The molecule has 2 aromatic carbocycles. The lowest BCUT2D eigenvalue weighted by Crippen LogP contribution is -2.37. The number of fused-ring (bicyclic) bond motifs is 2. The van der Waals surface area contributed by atoms with Gasteiger partial charge in [0, 0.05) is 13.1 Å². The summed E-state index contributed by atoms with van der Waals surface area (Å²) in [5.74, 6) is -2.13. The maximum atomic E-state index is 13.7. The number of aryl methyl sites for hydroxylation is 3. The average Bonchev–Trinajstić information content (AvgIpc) is 3.57. The number of ether oxygens (including phenoxy) is 1. The maximum absolute atomic E-state index is 13.7. The topological polar surface area (TPSA) is 114 Å². The molecule has 10 nitrogen and oxygen atoms in total. The molecule has 3 atom stereocenters. The molecule has 0 bridgehead atoms. The van der Waals surface area contributed by atoms with Gasteiger partial charge in [0.05, 0.1) is 35.8 Å². The van der Waals surface area contributed by atoms with E-state index in [0.29, 0.717) is 36.2 Å². The quantitative estimate of drug-likeness (QED) is 0.294. The van der Waals surface area contributed by atoms with Crippen LogP contribution in [0.15, 0.2) is 30.3 Å². The number of nitrogens with zero attached hydrogens (tertiary/aromatic N) is 6. The molecule has 1 aliphatic carbocycles. The molecule has 2 unspecified atom stereocenters. The summed E-state index contributed by atoms with van der Waals surface area (Å²) in [6.07, 6.45) is -8.74. The van der Waals surface area contributed by atoms with Gasteiger partial charge in [-0.1, -0.05) is 11.2 Å². The van der Waals surface area contributed by atoms with E-state index in [1.54, 1.807) is 0 Å². The summed E-state index contributed by atoms with van der Waals surface area (Å²) in [5, 5.41) is 21.5. The van der Waals surface area contributed by atoms with Crippen molar-refractivity contribution in [2.24, 2.45) is 13.0 Å². The number of benzene rings is 2. The number of aromatic nitrogens is 4. The first kappa shape index (κ1) is 33.0. The van der Waals surface area contributed by atoms with Crippen molar-refractivity contribution in [3.8, 4) is 0 Å². The first-order valence-corrected chi connectivity index (χ1v) is 14.7. The highest BCUT2D eigenvalue weighted by atomic mass is 19.4. The molecule has 2 aliphatic rings. The van der Waals surface area contributed by atoms with E-state index < -0.39 is 60.2 Å². The van der Waals surface area contributed by atoms with E-state index in [1.807, 2.05) is 12.1 Å². The Morgan fingerprint density at radius 1 is 1.00 bits per heavy atom. The molecule has 0 saturated carbocycles. The SMILES string of the molecule is CC(OC(=O)N1CCC[C@H](N(Cc2cc(C(F)(F)F)cc(C(F)(F)F)c2)c2nnn(C)n2)c2cc3c(cc21)CCC3)C(C)C(=O)O. The molecule has 1 amide bonds. The lowest BCUT2D eigenvalue weighted by atomic mass is 9.95. The lowest BCUT2D eigenvalue weighted by molar-refractivity contribution is -0.145. The van der Waals surface area contributed by atoms with E-state index in [4.69, 9.17) is 4.74 Å². The average molecular weight is 655 g/mol. The summed E-state index contributed by atoms with van der Waals surface area (Å²) in [4.78, 5) is 29.0. The van der Waals surface area contributed by atoms with Crippen LogP contribution >= 0.6 is 0 Å². The first-order valence-electron chi connectivity index (χ1n) is 14.7. The van der Waals surface area contributed by atoms with Crippen molar-refractivity contribution in [3.05, 3.63) is 63.7 Å². The van der Waals surface area contributed by atoms with Crippen molar-refractivity contribution < 1.29 is 45.8 Å². The number of alkyl halides is 6. The third kappa shape index (κ3) is 6.89. The Kier molecular flexibility index (Phi) is 8.92. The van der Waals surface area contributed by atoms with E-state index in [1.165, 1.54) is 30.7 Å². The Balaban J connectivity index is 1.61. The van der Waals surface area contributed by atoms with Gasteiger partial charge in [0.1, 0.15) is 6.10 Å². The van der Waals surface area contributed by atoms with Gasteiger partial charge in [-0.15, -0.1) is 5.10 Å². The number of carboxylic acid groups (broad SMARTS) is 1. The maximum Gasteiger partial charge on any atom is 0.416 e. The Bertz CT molecular complexity index is 1590. The zero-order valence-corrected chi connectivity index (χ0v) is 25.2. The summed E-state index contributed by atoms with van der Waals surface area (Å²) in [6.45, 7) is 2.63. The van der Waals surface area contributed by atoms with Crippen molar-refractivity contribution in [3.63, 3.8) is 0 Å². The second-order valence-electron chi connectivity index (χ2n) is 11.7. The Morgan fingerprint density at radius 3 is 2.20 bits per heavy atom. The van der Waals surface area contributed by atoms with Crippen LogP contribution in [0, 0.1) is 5.92 Å². The lowest BCUT2D eigenvalue weighted by Gasteiger charge is -2.33. The van der Waals surface area contributed by atoms with Gasteiger partial charge in [-0.05, 0) is 97.7 Å². The number of tetrazole rings is 1. The number of aliphatic carboxylic acids is 1. The third-order valence-electron chi connectivity index (χ3n) is 8.48. The van der Waals surface area contributed by atoms with Crippen LogP contribution in [0.1, 0.15) is 72.5 Å². The van der Waals surface area contributed by atoms with Gasteiger partial charge >= 0.3 is 24.4 Å². The highest BCUT2D eigenvalue weighted by Crippen LogP contribution is 2.43. The number of anilines is 2. The van der Waals surface area contributed by atoms with Gasteiger partial charge in [0.15, 0.2) is 0 Å². The molecule has 0 fully saturated rings. The fourth-order valence-corrected chi connectivity index (χ4v) is 5.91. The van der Waals surface area contributed by atoms with Gasteiger partial charge in [-0.25, -0.2) is 4.79 Å². The van der Waals surface area contributed by atoms with E-state index in [-0.39, 0.29) is 24.1 Å². The van der Waals surface area contributed by atoms with Crippen molar-refractivity contribution in [1.29, 1.82) is 0 Å². The number of carbonyl (C=O) groups is 2. The highest BCUT2D eigenvalue weighted by molar-refractivity contribution is 5.90. The largest absolute Gasteiger partial charge is 0.481 e. The van der Waals surface area contributed by atoms with E-state index in [2.05, 4.69) is 15.4 Å². The molecule has 46 heavy (non-hydrogen) atoms. The number of carboxylic acids is 1. The summed E-state index contributed by atoms with van der Waals surface area (Å²) >= 11 is 0. The first-order chi connectivity index (χ1) is 21.5. The molecule has 1 aliphatic heterocycles. The Morgan fingerprint density at radius 2 is 1.63 bits per heavy atom. The number of hydrogen-bond acceptors (Lipinski definition) is 7. The summed E-state index contributed by atoms with van der Waals surface area (Å²) < 4.78 is 88.0. The minimum absolute atomic E-state index is 0.0233. The van der Waals surface area contributed by atoms with Crippen LogP contribution in [0.4, 0.5) is 42.8 Å². The summed E-state index contributed by atoms with van der Waals surface area (Å²) in [5.41, 5.74) is -0.0985. The van der Waals surface area contributed by atoms with Crippen LogP contribution in [0.2, 0.25) is 0 Å². The monoisotopic (exact) mass is 654 g/mol. The van der Waals surface area contributed by atoms with Crippen LogP contribution in [-0.2, 0) is 48.3 Å². The van der Waals surface area contributed by atoms with Crippen LogP contribution in [0.3, 0.4) is 0 Å². The van der Waals surface area contributed by atoms with Crippen molar-refractivity contribution in [2.75, 3.05) is 16.3 Å². The molecule has 0 spiro atoms. The minimum Gasteiger partial charge on any atom is -0.481 e. The smallest absolute Gasteiger partial charge is 0.416 e. The fraction of sp³-hybridized carbons (Fsp3) is 0.500. The van der Waals surface area contributed by atoms with Crippen LogP contribution in [0.25, 0.3) is 0 Å². The zero-order valence-electron chi connectivity index (χ0n) is 25.2. The van der Waals surface area contributed by atoms with E-state index in [0.717, 1.165) is 35.2 Å². The molecular weight excluding hydrogens is 622 g/mol. The number of halogens is 6. The van der Waals surface area contributed by atoms with E-state index >= 15 is 0 Å². The molecular formula is C30H32F6N6O4. The molecule has 1 N–H and O–H groups in total. The van der Waals surface area contributed by atoms with Crippen molar-refractivity contribution in [1.82, 2.24) is 20.2 Å². The third-order valence-corrected chi connectivity index (χ3v) is 8.48. The molecule has 248 valence electrons. The van der Waals surface area contributed by atoms with Gasteiger partial charge in [-0.2, -0.15) is 31.1 Å². The minimum atomic E-state index is -5.03. The molecule has 0 radical (unpaired) electrons. The van der Waals surface area contributed by atoms with Gasteiger partial charge in [-0.3, -0.25) is 9.69 Å². The van der Waals surface area contributed by atoms with Gasteiger partial charge in [0.25, 0.3) is 5.95 Å². The van der Waals surface area contributed by atoms with Crippen LogP contribution < -0.4 is 9.80 Å². The second kappa shape index (κ2) is 12.4. The van der Waals surface area contributed by atoms with Crippen LogP contribution in [0.5, 0.6) is 0 Å². The highest BCUT2D eigenvalue weighted by Gasteiger charge is 2.39. The van der Waals surface area contributed by atoms with Gasteiger partial charge in [0.2, 0.25) is 0 Å². The number of rotatable bonds is 7. The number of carbonyl (C=O) groups excluding carboxylic acids is 1. The zero-order chi connectivity index (χ0) is 33.6. The molecule has 0 saturated heterocycles. The normalized spacial score (nSPS) is 17.9. The number of amides is 1. The molecule has 3 aromatic rings. The van der Waals surface area contributed by atoms with Crippen LogP contribution in [-0.4, -0.2) is 50.0 Å². The predicted molar refractivity (Wildman–Crippen MR) is 152 cm³/mol. The molecule has 1 aromatic heterocycles. The standard InChI is InChI=1S/C30H32F6N6O4/c1-16(26(43)44)17(2)46-28(45)41-9-5-8-24(23-12-19-6-4-7-20(19)13-25(23)41)42(27-37-39-40(3)38-27)15-18-10-21(29(31,32)33)14-22(11-18)30(34,35)36/h10-14,16-17,24H,4-9,15H2,1-3H3,(H,43,44)/t16?,17?,24-/m0/s1. The molecule has 5 rings (SSSR count). The fourth-order valence-electron chi connectivity index (χ4n) is 5.91. The molecule has 16 heteroatoms. The second-order valence-corrected chi connectivity index (χ2v) is 11.7. The number of hydrogen-bond donors (Lipinski definition) is 1. The summed E-state index contributed by atoms with van der Waals surface area (Å²) in [7, 11) is 1.48. The van der Waals surface area contributed by atoms with Crippen molar-refractivity contribution in [2.45, 2.75) is 77.0 Å². The van der Waals surface area contributed by atoms with E-state index in [9.17, 15) is 41.0 Å². The summed E-state index contributed by atoms with van der Waals surface area (Å²) in [6, 6.07) is 4.50. The molecule has 2 heterocycles.